The molecule has 4 heteroatoms. The molecule has 1 amide bonds. The van der Waals surface area contributed by atoms with E-state index in [-0.39, 0.29) is 5.91 Å². The van der Waals surface area contributed by atoms with Crippen LogP contribution in [0.2, 0.25) is 0 Å². The fourth-order valence-corrected chi connectivity index (χ4v) is 1.79. The normalized spacial score (nSPS) is 10.1. The number of hydrogen-bond acceptors (Lipinski definition) is 3. The first-order chi connectivity index (χ1) is 8.72. The highest BCUT2D eigenvalue weighted by atomic mass is 16.2. The number of carbonyl (C=O) groups is 1. The van der Waals surface area contributed by atoms with Crippen molar-refractivity contribution in [3.63, 3.8) is 0 Å². The van der Waals surface area contributed by atoms with Crippen molar-refractivity contribution in [2.24, 2.45) is 0 Å². The summed E-state index contributed by atoms with van der Waals surface area (Å²) in [6.45, 7) is 4.56. The lowest BCUT2D eigenvalue weighted by Crippen LogP contribution is -2.31. The van der Waals surface area contributed by atoms with E-state index in [1.165, 1.54) is 6.33 Å². The molecule has 1 aromatic heterocycles. The molecule has 0 saturated heterocycles. The molecule has 0 N–H and O–H groups in total. The first kappa shape index (κ1) is 12.2. The van der Waals surface area contributed by atoms with Crippen LogP contribution >= 0.6 is 0 Å². The second-order valence-electron chi connectivity index (χ2n) is 3.98. The molecule has 1 heterocycles. The highest BCUT2D eigenvalue weighted by Crippen LogP contribution is 2.17. The molecule has 0 aliphatic carbocycles. The van der Waals surface area contributed by atoms with Gasteiger partial charge in [0.15, 0.2) is 0 Å². The van der Waals surface area contributed by atoms with Crippen molar-refractivity contribution in [3.05, 3.63) is 54.1 Å². The zero-order valence-corrected chi connectivity index (χ0v) is 10.5. The number of aryl methyl sites for hydroxylation is 1. The number of rotatable bonds is 3. The van der Waals surface area contributed by atoms with Crippen LogP contribution in [0.25, 0.3) is 0 Å². The molecule has 0 atom stereocenters. The van der Waals surface area contributed by atoms with Gasteiger partial charge in [0.25, 0.3) is 5.91 Å². The van der Waals surface area contributed by atoms with Crippen LogP contribution in [-0.4, -0.2) is 22.4 Å². The van der Waals surface area contributed by atoms with Gasteiger partial charge in [-0.15, -0.1) is 0 Å². The van der Waals surface area contributed by atoms with Crippen molar-refractivity contribution < 1.29 is 4.79 Å². The Morgan fingerprint density at radius 1 is 1.33 bits per heavy atom. The molecular weight excluding hydrogens is 226 g/mol. The average molecular weight is 241 g/mol. The predicted octanol–water partition coefficient (Wildman–Crippen LogP) is 2.45. The number of hydrogen-bond donors (Lipinski definition) is 0. The Morgan fingerprint density at radius 3 is 2.78 bits per heavy atom. The molecule has 0 fully saturated rings. The van der Waals surface area contributed by atoms with Gasteiger partial charge in [0, 0.05) is 18.4 Å². The summed E-state index contributed by atoms with van der Waals surface area (Å²) in [6.07, 6.45) is 2.96. The van der Waals surface area contributed by atoms with E-state index < -0.39 is 0 Å². The standard InChI is InChI=1S/C14H15N3O/c1-3-17(12-6-4-5-11(2)9-12)14(18)13-7-8-15-10-16-13/h4-10H,3H2,1-2H3. The van der Waals surface area contributed by atoms with Crippen LogP contribution in [0.15, 0.2) is 42.9 Å². The third kappa shape index (κ3) is 2.53. The zero-order chi connectivity index (χ0) is 13.0. The Morgan fingerprint density at radius 2 is 2.17 bits per heavy atom. The van der Waals surface area contributed by atoms with Gasteiger partial charge in [-0.05, 0) is 37.6 Å². The van der Waals surface area contributed by atoms with Crippen LogP contribution in [0.5, 0.6) is 0 Å². The van der Waals surface area contributed by atoms with Crippen LogP contribution in [0.3, 0.4) is 0 Å². The maximum Gasteiger partial charge on any atom is 0.276 e. The lowest BCUT2D eigenvalue weighted by atomic mass is 10.2. The van der Waals surface area contributed by atoms with Crippen molar-refractivity contribution in [1.29, 1.82) is 0 Å². The third-order valence-electron chi connectivity index (χ3n) is 2.68. The summed E-state index contributed by atoms with van der Waals surface area (Å²) < 4.78 is 0. The van der Waals surface area contributed by atoms with E-state index in [4.69, 9.17) is 0 Å². The minimum atomic E-state index is -0.106. The van der Waals surface area contributed by atoms with Crippen molar-refractivity contribution in [2.75, 3.05) is 11.4 Å². The maximum atomic E-state index is 12.3. The van der Waals surface area contributed by atoms with Gasteiger partial charge in [0.05, 0.1) is 0 Å². The van der Waals surface area contributed by atoms with Crippen molar-refractivity contribution >= 4 is 11.6 Å². The summed E-state index contributed by atoms with van der Waals surface area (Å²) in [6, 6.07) is 9.49. The summed E-state index contributed by atoms with van der Waals surface area (Å²) in [4.78, 5) is 21.8. The Bertz CT molecular complexity index is 540. The monoisotopic (exact) mass is 241 g/mol. The number of nitrogens with zero attached hydrogens (tertiary/aromatic N) is 3. The SMILES string of the molecule is CCN(C(=O)c1ccncn1)c1cccc(C)c1. The zero-order valence-electron chi connectivity index (χ0n) is 10.5. The van der Waals surface area contributed by atoms with Gasteiger partial charge < -0.3 is 4.90 Å². The van der Waals surface area contributed by atoms with E-state index in [1.807, 2.05) is 38.1 Å². The van der Waals surface area contributed by atoms with E-state index in [1.54, 1.807) is 17.2 Å². The first-order valence-corrected chi connectivity index (χ1v) is 5.87. The van der Waals surface area contributed by atoms with Crippen molar-refractivity contribution in [3.8, 4) is 0 Å². The molecule has 0 bridgehead atoms. The van der Waals surface area contributed by atoms with E-state index >= 15 is 0 Å². The fourth-order valence-electron chi connectivity index (χ4n) is 1.79. The lowest BCUT2D eigenvalue weighted by molar-refractivity contribution is 0.0983. The van der Waals surface area contributed by atoms with Gasteiger partial charge in [-0.2, -0.15) is 0 Å². The Hall–Kier alpha value is -2.23. The third-order valence-corrected chi connectivity index (χ3v) is 2.68. The lowest BCUT2D eigenvalue weighted by Gasteiger charge is -2.20. The minimum Gasteiger partial charge on any atom is -0.307 e. The number of anilines is 1. The largest absolute Gasteiger partial charge is 0.307 e. The first-order valence-electron chi connectivity index (χ1n) is 5.87. The quantitative estimate of drug-likeness (QED) is 0.829. The second kappa shape index (κ2) is 5.40. The van der Waals surface area contributed by atoms with Gasteiger partial charge in [-0.3, -0.25) is 4.79 Å². The number of benzene rings is 1. The van der Waals surface area contributed by atoms with Crippen LogP contribution in [0.1, 0.15) is 23.0 Å². The van der Waals surface area contributed by atoms with Crippen LogP contribution in [0, 0.1) is 6.92 Å². The molecule has 1 aromatic carbocycles. The highest BCUT2D eigenvalue weighted by molar-refractivity contribution is 6.04. The second-order valence-corrected chi connectivity index (χ2v) is 3.98. The summed E-state index contributed by atoms with van der Waals surface area (Å²) in [5.74, 6) is -0.106. The van der Waals surface area contributed by atoms with Crippen LogP contribution in [0.4, 0.5) is 5.69 Å². The van der Waals surface area contributed by atoms with E-state index in [9.17, 15) is 4.79 Å². The number of carbonyl (C=O) groups excluding carboxylic acids is 1. The molecule has 92 valence electrons. The van der Waals surface area contributed by atoms with Gasteiger partial charge in [-0.25, -0.2) is 9.97 Å². The molecule has 0 spiro atoms. The molecule has 0 radical (unpaired) electrons. The Kier molecular flexibility index (Phi) is 3.67. The predicted molar refractivity (Wildman–Crippen MR) is 70.6 cm³/mol. The summed E-state index contributed by atoms with van der Waals surface area (Å²) in [7, 11) is 0. The van der Waals surface area contributed by atoms with Crippen LogP contribution in [-0.2, 0) is 0 Å². The Labute approximate surface area is 106 Å². The Balaban J connectivity index is 2.32. The fraction of sp³-hybridized carbons (Fsp3) is 0.214. The molecule has 18 heavy (non-hydrogen) atoms. The molecule has 0 aliphatic rings. The molecule has 0 unspecified atom stereocenters. The molecule has 4 nitrogen and oxygen atoms in total. The molecule has 2 aromatic rings. The maximum absolute atomic E-state index is 12.3. The van der Waals surface area contributed by atoms with Crippen LogP contribution < -0.4 is 4.90 Å². The van der Waals surface area contributed by atoms with E-state index in [2.05, 4.69) is 9.97 Å². The smallest absolute Gasteiger partial charge is 0.276 e. The topological polar surface area (TPSA) is 46.1 Å². The summed E-state index contributed by atoms with van der Waals surface area (Å²) in [5, 5.41) is 0. The van der Waals surface area contributed by atoms with Gasteiger partial charge >= 0.3 is 0 Å². The average Bonchev–Trinajstić information content (AvgIpc) is 2.40. The summed E-state index contributed by atoms with van der Waals surface area (Å²) in [5.41, 5.74) is 2.43. The molecule has 0 aliphatic heterocycles. The van der Waals surface area contributed by atoms with Gasteiger partial charge in [0.1, 0.15) is 12.0 Å². The summed E-state index contributed by atoms with van der Waals surface area (Å²) >= 11 is 0. The van der Waals surface area contributed by atoms with Crippen molar-refractivity contribution in [2.45, 2.75) is 13.8 Å². The highest BCUT2D eigenvalue weighted by Gasteiger charge is 2.16. The molecular formula is C14H15N3O. The number of amides is 1. The molecule has 0 saturated carbocycles. The van der Waals surface area contributed by atoms with E-state index in [0.29, 0.717) is 12.2 Å². The minimum absolute atomic E-state index is 0.106. The van der Waals surface area contributed by atoms with Gasteiger partial charge in [0.2, 0.25) is 0 Å². The molecule has 2 rings (SSSR count). The number of aromatic nitrogens is 2. The van der Waals surface area contributed by atoms with Crippen molar-refractivity contribution in [1.82, 2.24) is 9.97 Å². The van der Waals surface area contributed by atoms with E-state index in [0.717, 1.165) is 11.3 Å². The van der Waals surface area contributed by atoms with Gasteiger partial charge in [-0.1, -0.05) is 12.1 Å².